The van der Waals surface area contributed by atoms with Crippen LogP contribution in [0.4, 0.5) is 0 Å². The van der Waals surface area contributed by atoms with Gasteiger partial charge in [0, 0.05) is 23.2 Å². The van der Waals surface area contributed by atoms with E-state index >= 15 is 0 Å². The monoisotopic (exact) mass is 313 g/mol. The van der Waals surface area contributed by atoms with Gasteiger partial charge >= 0.3 is 0 Å². The Morgan fingerprint density at radius 2 is 2.29 bits per heavy atom. The molecule has 0 saturated carbocycles. The van der Waals surface area contributed by atoms with Crippen molar-refractivity contribution in [3.05, 3.63) is 38.3 Å². The molecule has 0 bridgehead atoms. The number of halogens is 1. The van der Waals surface area contributed by atoms with Crippen LogP contribution in [0.5, 0.6) is 0 Å². The summed E-state index contributed by atoms with van der Waals surface area (Å²) in [5.41, 5.74) is 2.39. The van der Waals surface area contributed by atoms with Crippen LogP contribution >= 0.6 is 27.3 Å². The predicted molar refractivity (Wildman–Crippen MR) is 75.5 cm³/mol. The Bertz CT molecular complexity index is 490. The largest absolute Gasteiger partial charge is 0.313 e. The molecule has 2 rings (SSSR count). The van der Waals surface area contributed by atoms with Crippen molar-refractivity contribution >= 4 is 27.3 Å². The van der Waals surface area contributed by atoms with E-state index in [4.69, 9.17) is 0 Å². The van der Waals surface area contributed by atoms with Gasteiger partial charge in [-0.25, -0.2) is 0 Å². The van der Waals surface area contributed by atoms with Gasteiger partial charge in [-0.15, -0.1) is 11.3 Å². The average Bonchev–Trinajstić information content (AvgIpc) is 2.83. The van der Waals surface area contributed by atoms with E-state index in [0.29, 0.717) is 0 Å². The van der Waals surface area contributed by atoms with Crippen LogP contribution < -0.4 is 5.32 Å². The molecule has 0 aliphatic carbocycles. The summed E-state index contributed by atoms with van der Waals surface area (Å²) in [4.78, 5) is 1.31. The second-order valence-electron chi connectivity index (χ2n) is 3.92. The highest BCUT2D eigenvalue weighted by Crippen LogP contribution is 2.22. The third kappa shape index (κ3) is 3.40. The molecule has 0 amide bonds. The first-order valence-electron chi connectivity index (χ1n) is 5.67. The van der Waals surface area contributed by atoms with Gasteiger partial charge in [0.25, 0.3) is 0 Å². The lowest BCUT2D eigenvalue weighted by Gasteiger charge is -1.98. The van der Waals surface area contributed by atoms with Crippen LogP contribution in [0.25, 0.3) is 0 Å². The van der Waals surface area contributed by atoms with Crippen LogP contribution in [0.2, 0.25) is 0 Å². The maximum Gasteiger partial charge on any atom is 0.0752 e. The van der Waals surface area contributed by atoms with E-state index in [0.717, 1.165) is 25.3 Å². The molecule has 0 aliphatic heterocycles. The number of aromatic nitrogens is 2. The highest BCUT2D eigenvalue weighted by atomic mass is 79.9. The summed E-state index contributed by atoms with van der Waals surface area (Å²) in [6.07, 6.45) is 2.13. The molecule has 92 valence electrons. The second-order valence-corrected chi connectivity index (χ2v) is 6.47. The van der Waals surface area contributed by atoms with Crippen molar-refractivity contribution in [1.82, 2.24) is 15.1 Å². The Balaban J connectivity index is 2.06. The summed E-state index contributed by atoms with van der Waals surface area (Å²) in [5, 5.41) is 7.86. The topological polar surface area (TPSA) is 29.9 Å². The Morgan fingerprint density at radius 1 is 1.47 bits per heavy atom. The van der Waals surface area contributed by atoms with Crippen LogP contribution in [0.15, 0.2) is 22.1 Å². The van der Waals surface area contributed by atoms with Gasteiger partial charge < -0.3 is 5.32 Å². The average molecular weight is 314 g/mol. The summed E-state index contributed by atoms with van der Waals surface area (Å²) in [7, 11) is 0. The van der Waals surface area contributed by atoms with Crippen LogP contribution in [0, 0.1) is 6.92 Å². The molecule has 0 aliphatic rings. The minimum atomic E-state index is 0.850. The van der Waals surface area contributed by atoms with Gasteiger partial charge in [-0.3, -0.25) is 4.68 Å². The molecule has 0 fully saturated rings. The molecule has 3 nitrogen and oxygen atoms in total. The molecule has 1 N–H and O–H groups in total. The first-order valence-corrected chi connectivity index (χ1v) is 7.28. The lowest BCUT2D eigenvalue weighted by Crippen LogP contribution is -2.11. The van der Waals surface area contributed by atoms with Gasteiger partial charge in [0.05, 0.1) is 16.0 Å². The normalized spacial score (nSPS) is 11.0. The standard InChI is InChI=1S/C12H16BrN3S/c1-3-14-6-10-7-16(15-9(10)2)8-11-4-5-12(13)17-11/h4-5,7,14H,3,6,8H2,1-2H3. The molecule has 0 unspecified atom stereocenters. The zero-order valence-corrected chi connectivity index (χ0v) is 12.4. The minimum absolute atomic E-state index is 0.850. The van der Waals surface area contributed by atoms with Crippen molar-refractivity contribution in [2.75, 3.05) is 6.54 Å². The van der Waals surface area contributed by atoms with Crippen molar-refractivity contribution in [2.45, 2.75) is 26.9 Å². The number of hydrogen-bond donors (Lipinski definition) is 1. The van der Waals surface area contributed by atoms with Crippen molar-refractivity contribution in [1.29, 1.82) is 0 Å². The van der Waals surface area contributed by atoms with Gasteiger partial charge in [-0.2, -0.15) is 5.10 Å². The first-order chi connectivity index (χ1) is 8.19. The van der Waals surface area contributed by atoms with Gasteiger partial charge in [0.15, 0.2) is 0 Å². The lowest BCUT2D eigenvalue weighted by atomic mass is 10.2. The maximum absolute atomic E-state index is 4.54. The third-order valence-electron chi connectivity index (χ3n) is 2.56. The summed E-state index contributed by atoms with van der Waals surface area (Å²) in [6, 6.07) is 4.21. The molecular formula is C12H16BrN3S. The number of aryl methyl sites for hydroxylation is 1. The van der Waals surface area contributed by atoms with Gasteiger partial charge in [-0.05, 0) is 41.5 Å². The Hall–Kier alpha value is -0.650. The van der Waals surface area contributed by atoms with Crippen molar-refractivity contribution < 1.29 is 0 Å². The Labute approximate surface area is 114 Å². The highest BCUT2D eigenvalue weighted by molar-refractivity contribution is 9.11. The number of nitrogens with one attached hydrogen (secondary N) is 1. The van der Waals surface area contributed by atoms with E-state index in [2.05, 4.69) is 58.5 Å². The molecular weight excluding hydrogens is 298 g/mol. The molecule has 2 heterocycles. The second kappa shape index (κ2) is 5.80. The fourth-order valence-corrected chi connectivity index (χ4v) is 3.15. The number of nitrogens with zero attached hydrogens (tertiary/aromatic N) is 2. The molecule has 17 heavy (non-hydrogen) atoms. The number of thiophene rings is 1. The van der Waals surface area contributed by atoms with Crippen LogP contribution in [0.3, 0.4) is 0 Å². The van der Waals surface area contributed by atoms with E-state index in [1.54, 1.807) is 11.3 Å². The maximum atomic E-state index is 4.54. The quantitative estimate of drug-likeness (QED) is 0.919. The third-order valence-corrected chi connectivity index (χ3v) is 4.17. The van der Waals surface area contributed by atoms with Gasteiger partial charge in [-0.1, -0.05) is 6.92 Å². The lowest BCUT2D eigenvalue weighted by molar-refractivity contribution is 0.685. The minimum Gasteiger partial charge on any atom is -0.313 e. The van der Waals surface area contributed by atoms with E-state index in [9.17, 15) is 0 Å². The van der Waals surface area contributed by atoms with E-state index in [1.165, 1.54) is 14.2 Å². The van der Waals surface area contributed by atoms with Gasteiger partial charge in [0.1, 0.15) is 0 Å². The fraction of sp³-hybridized carbons (Fsp3) is 0.417. The summed E-state index contributed by atoms with van der Waals surface area (Å²) in [6.45, 7) is 6.92. The van der Waals surface area contributed by atoms with Crippen LogP contribution in [-0.4, -0.2) is 16.3 Å². The molecule has 2 aromatic heterocycles. The van der Waals surface area contributed by atoms with Crippen LogP contribution in [-0.2, 0) is 13.1 Å². The first kappa shape index (κ1) is 12.8. The van der Waals surface area contributed by atoms with Gasteiger partial charge in [0.2, 0.25) is 0 Å². The highest BCUT2D eigenvalue weighted by Gasteiger charge is 2.05. The fourth-order valence-electron chi connectivity index (χ4n) is 1.67. The molecule has 0 aromatic carbocycles. The smallest absolute Gasteiger partial charge is 0.0752 e. The van der Waals surface area contributed by atoms with Crippen LogP contribution in [0.1, 0.15) is 23.1 Å². The summed E-state index contributed by atoms with van der Waals surface area (Å²) < 4.78 is 3.18. The molecule has 0 saturated heterocycles. The molecule has 0 atom stereocenters. The Kier molecular flexibility index (Phi) is 4.36. The summed E-state index contributed by atoms with van der Waals surface area (Å²) in [5.74, 6) is 0. The van der Waals surface area contributed by atoms with Crippen molar-refractivity contribution in [2.24, 2.45) is 0 Å². The van der Waals surface area contributed by atoms with Crippen molar-refractivity contribution in [3.8, 4) is 0 Å². The summed E-state index contributed by atoms with van der Waals surface area (Å²) >= 11 is 5.23. The zero-order valence-electron chi connectivity index (χ0n) is 10.0. The molecule has 5 heteroatoms. The van der Waals surface area contributed by atoms with Crippen molar-refractivity contribution in [3.63, 3.8) is 0 Å². The number of hydrogen-bond acceptors (Lipinski definition) is 3. The molecule has 2 aromatic rings. The van der Waals surface area contributed by atoms with E-state index < -0.39 is 0 Å². The van der Waals surface area contributed by atoms with E-state index in [1.807, 2.05) is 4.68 Å². The zero-order chi connectivity index (χ0) is 12.3. The SMILES string of the molecule is CCNCc1cn(Cc2ccc(Br)s2)nc1C. The van der Waals surface area contributed by atoms with E-state index in [-0.39, 0.29) is 0 Å². The Morgan fingerprint density at radius 3 is 2.94 bits per heavy atom. The molecule has 0 radical (unpaired) electrons. The molecule has 0 spiro atoms. The number of rotatable bonds is 5. The predicted octanol–water partition coefficient (Wildman–Crippen LogP) is 3.17.